The Morgan fingerprint density at radius 2 is 2.05 bits per heavy atom. The van der Waals surface area contributed by atoms with Crippen molar-refractivity contribution in [1.82, 2.24) is 9.78 Å². The van der Waals surface area contributed by atoms with Gasteiger partial charge >= 0.3 is 0 Å². The summed E-state index contributed by atoms with van der Waals surface area (Å²) in [5.74, 6) is -0.449. The summed E-state index contributed by atoms with van der Waals surface area (Å²) in [6.45, 7) is 1.91. The largest absolute Gasteiger partial charge is 0.380 e. The molecule has 5 nitrogen and oxygen atoms in total. The highest BCUT2D eigenvalue weighted by atomic mass is 19.1. The Morgan fingerprint density at radius 3 is 2.65 bits per heavy atom. The molecule has 1 aromatic carbocycles. The van der Waals surface area contributed by atoms with Crippen LogP contribution in [-0.2, 0) is 11.8 Å². The summed E-state index contributed by atoms with van der Waals surface area (Å²) >= 11 is 0. The molecule has 1 amide bonds. The van der Waals surface area contributed by atoms with E-state index in [0.717, 1.165) is 5.69 Å². The molecule has 0 aliphatic carbocycles. The molecule has 2 rings (SSSR count). The lowest BCUT2D eigenvalue weighted by Crippen LogP contribution is -2.23. The number of amides is 1. The lowest BCUT2D eigenvalue weighted by molar-refractivity contribution is -0.116. The third-order valence-corrected chi connectivity index (χ3v) is 2.74. The molecule has 1 heterocycles. The van der Waals surface area contributed by atoms with Gasteiger partial charge in [-0.25, -0.2) is 4.39 Å². The lowest BCUT2D eigenvalue weighted by atomic mass is 10.2. The number of nitrogens with one attached hydrogen (secondary N) is 2. The van der Waals surface area contributed by atoms with Crippen LogP contribution in [0.5, 0.6) is 0 Å². The number of nitrogens with zero attached hydrogens (tertiary/aromatic N) is 2. The number of aryl methyl sites for hydroxylation is 1. The van der Waals surface area contributed by atoms with Crippen LogP contribution in [0.25, 0.3) is 0 Å². The number of benzene rings is 1. The average molecular weight is 276 g/mol. The first kappa shape index (κ1) is 14.0. The molecule has 6 heteroatoms. The van der Waals surface area contributed by atoms with Crippen molar-refractivity contribution in [3.05, 3.63) is 42.5 Å². The smallest absolute Gasteiger partial charge is 0.226 e. The Kier molecular flexibility index (Phi) is 4.34. The highest BCUT2D eigenvalue weighted by molar-refractivity contribution is 5.91. The number of hydrogen-bond acceptors (Lipinski definition) is 3. The molecule has 0 saturated carbocycles. The zero-order chi connectivity index (χ0) is 14.5. The van der Waals surface area contributed by atoms with Gasteiger partial charge in [0.05, 0.1) is 11.9 Å². The van der Waals surface area contributed by atoms with Gasteiger partial charge in [-0.2, -0.15) is 5.10 Å². The van der Waals surface area contributed by atoms with E-state index in [1.54, 1.807) is 10.9 Å². The van der Waals surface area contributed by atoms with Gasteiger partial charge < -0.3 is 10.6 Å². The van der Waals surface area contributed by atoms with Crippen LogP contribution in [0.2, 0.25) is 0 Å². The van der Waals surface area contributed by atoms with Crippen molar-refractivity contribution in [2.45, 2.75) is 19.4 Å². The van der Waals surface area contributed by atoms with Gasteiger partial charge in [0.15, 0.2) is 0 Å². The van der Waals surface area contributed by atoms with E-state index in [2.05, 4.69) is 15.7 Å². The zero-order valence-electron chi connectivity index (χ0n) is 11.4. The summed E-state index contributed by atoms with van der Waals surface area (Å²) in [7, 11) is 1.83. The number of aromatic nitrogens is 2. The van der Waals surface area contributed by atoms with Gasteiger partial charge in [0, 0.05) is 31.4 Å². The van der Waals surface area contributed by atoms with Crippen LogP contribution in [0.15, 0.2) is 36.7 Å². The van der Waals surface area contributed by atoms with Gasteiger partial charge in [0.2, 0.25) is 5.91 Å². The maximum absolute atomic E-state index is 12.7. The van der Waals surface area contributed by atoms with Crippen LogP contribution in [0.3, 0.4) is 0 Å². The molecule has 2 aromatic rings. The number of hydrogen-bond donors (Lipinski definition) is 2. The first-order valence-electron chi connectivity index (χ1n) is 6.33. The van der Waals surface area contributed by atoms with Gasteiger partial charge in [-0.05, 0) is 31.2 Å². The molecule has 0 radical (unpaired) electrons. The fraction of sp³-hybridized carbons (Fsp3) is 0.286. The van der Waals surface area contributed by atoms with Crippen molar-refractivity contribution >= 4 is 17.3 Å². The van der Waals surface area contributed by atoms with E-state index in [4.69, 9.17) is 0 Å². The molecule has 20 heavy (non-hydrogen) atoms. The monoisotopic (exact) mass is 276 g/mol. The number of anilines is 2. The minimum absolute atomic E-state index is 0.0281. The third kappa shape index (κ3) is 4.08. The topological polar surface area (TPSA) is 59.0 Å². The number of halogens is 1. The second kappa shape index (κ2) is 6.18. The van der Waals surface area contributed by atoms with Crippen LogP contribution in [-0.4, -0.2) is 21.7 Å². The molecule has 0 aliphatic rings. The molecule has 1 atom stereocenters. The van der Waals surface area contributed by atoms with Gasteiger partial charge in [-0.3, -0.25) is 9.48 Å². The standard InChI is InChI=1S/C14H17FN4O/c1-10(17-13-8-16-19(2)9-13)7-14(20)18-12-5-3-11(15)4-6-12/h3-6,8-10,17H,7H2,1-2H3,(H,18,20)/t10-/m1/s1. The Labute approximate surface area is 116 Å². The Morgan fingerprint density at radius 1 is 1.35 bits per heavy atom. The summed E-state index contributed by atoms with van der Waals surface area (Å²) in [5, 5.41) is 9.95. The molecule has 0 aliphatic heterocycles. The van der Waals surface area contributed by atoms with Crippen LogP contribution in [0, 0.1) is 5.82 Å². The first-order valence-corrected chi connectivity index (χ1v) is 6.33. The van der Waals surface area contributed by atoms with E-state index in [1.165, 1.54) is 24.3 Å². The van der Waals surface area contributed by atoms with Crippen LogP contribution in [0.4, 0.5) is 15.8 Å². The molecule has 0 spiro atoms. The van der Waals surface area contributed by atoms with E-state index >= 15 is 0 Å². The first-order chi connectivity index (χ1) is 9.52. The molecule has 106 valence electrons. The van der Waals surface area contributed by atoms with Crippen LogP contribution >= 0.6 is 0 Å². The Hall–Kier alpha value is -2.37. The molecular weight excluding hydrogens is 259 g/mol. The summed E-state index contributed by atoms with van der Waals surface area (Å²) in [6.07, 6.45) is 3.86. The molecule has 0 fully saturated rings. The average Bonchev–Trinajstić information content (AvgIpc) is 2.77. The third-order valence-electron chi connectivity index (χ3n) is 2.74. The van der Waals surface area contributed by atoms with E-state index < -0.39 is 0 Å². The summed E-state index contributed by atoms with van der Waals surface area (Å²) in [5.41, 5.74) is 1.46. The predicted octanol–water partition coefficient (Wildman–Crippen LogP) is 2.39. The number of rotatable bonds is 5. The predicted molar refractivity (Wildman–Crippen MR) is 75.9 cm³/mol. The van der Waals surface area contributed by atoms with Crippen molar-refractivity contribution in [3.8, 4) is 0 Å². The molecule has 0 unspecified atom stereocenters. The highest BCUT2D eigenvalue weighted by Gasteiger charge is 2.10. The molecular formula is C14H17FN4O. The van der Waals surface area contributed by atoms with E-state index in [-0.39, 0.29) is 17.8 Å². The van der Waals surface area contributed by atoms with E-state index in [9.17, 15) is 9.18 Å². The SMILES string of the molecule is C[C@H](CC(=O)Nc1ccc(F)cc1)Nc1cnn(C)c1. The van der Waals surface area contributed by atoms with Crippen LogP contribution in [0.1, 0.15) is 13.3 Å². The quantitative estimate of drug-likeness (QED) is 0.881. The molecule has 0 saturated heterocycles. The normalized spacial score (nSPS) is 11.9. The van der Waals surface area contributed by atoms with Crippen LogP contribution < -0.4 is 10.6 Å². The molecule has 1 aromatic heterocycles. The number of carbonyl (C=O) groups excluding carboxylic acids is 1. The van der Waals surface area contributed by atoms with Gasteiger partial charge in [0.25, 0.3) is 0 Å². The van der Waals surface area contributed by atoms with Crippen molar-refractivity contribution in [3.63, 3.8) is 0 Å². The highest BCUT2D eigenvalue weighted by Crippen LogP contribution is 2.11. The Balaban J connectivity index is 1.83. The summed E-state index contributed by atoms with van der Waals surface area (Å²) < 4.78 is 14.4. The van der Waals surface area contributed by atoms with Gasteiger partial charge in [-0.1, -0.05) is 0 Å². The van der Waals surface area contributed by atoms with Crippen molar-refractivity contribution in [2.75, 3.05) is 10.6 Å². The second-order valence-corrected chi connectivity index (χ2v) is 4.71. The maximum atomic E-state index is 12.7. The Bertz CT molecular complexity index is 579. The number of carbonyl (C=O) groups is 1. The second-order valence-electron chi connectivity index (χ2n) is 4.71. The summed E-state index contributed by atoms with van der Waals surface area (Å²) in [6, 6.07) is 5.67. The minimum Gasteiger partial charge on any atom is -0.380 e. The van der Waals surface area contributed by atoms with Crippen molar-refractivity contribution in [2.24, 2.45) is 7.05 Å². The summed E-state index contributed by atoms with van der Waals surface area (Å²) in [4.78, 5) is 11.8. The fourth-order valence-corrected chi connectivity index (χ4v) is 1.85. The van der Waals surface area contributed by atoms with Gasteiger partial charge in [0.1, 0.15) is 5.82 Å². The van der Waals surface area contributed by atoms with E-state index in [0.29, 0.717) is 12.1 Å². The van der Waals surface area contributed by atoms with Crippen molar-refractivity contribution < 1.29 is 9.18 Å². The van der Waals surface area contributed by atoms with Gasteiger partial charge in [-0.15, -0.1) is 0 Å². The maximum Gasteiger partial charge on any atom is 0.226 e. The minimum atomic E-state index is -0.324. The molecule has 2 N–H and O–H groups in total. The van der Waals surface area contributed by atoms with Crippen molar-refractivity contribution in [1.29, 1.82) is 0 Å². The molecule has 0 bridgehead atoms. The zero-order valence-corrected chi connectivity index (χ0v) is 11.4. The lowest BCUT2D eigenvalue weighted by Gasteiger charge is -2.13. The van der Waals surface area contributed by atoms with E-state index in [1.807, 2.05) is 20.2 Å². The fourth-order valence-electron chi connectivity index (χ4n) is 1.85.